The molecule has 0 saturated heterocycles. The summed E-state index contributed by atoms with van der Waals surface area (Å²) in [5, 5.41) is 9.45. The van der Waals surface area contributed by atoms with Gasteiger partial charge in [-0.15, -0.1) is 0 Å². The molecule has 0 aliphatic rings. The van der Waals surface area contributed by atoms with Crippen molar-refractivity contribution in [1.29, 1.82) is 0 Å². The topological polar surface area (TPSA) is 84.0 Å². The lowest BCUT2D eigenvalue weighted by atomic mass is 10.0. The fourth-order valence-electron chi connectivity index (χ4n) is 2.02. The van der Waals surface area contributed by atoms with Crippen LogP contribution in [0, 0.1) is 5.92 Å². The number of unbranched alkanes of at least 4 members (excludes halogenated alkanes) is 1. The van der Waals surface area contributed by atoms with Crippen molar-refractivity contribution >= 4 is 12.1 Å². The highest BCUT2D eigenvalue weighted by Crippen LogP contribution is 2.08. The molecular formula is C18H38N4O3. The molecular weight excluding hydrogens is 320 g/mol. The highest BCUT2D eigenvalue weighted by atomic mass is 16.6. The van der Waals surface area contributed by atoms with E-state index in [1.165, 1.54) is 0 Å². The van der Waals surface area contributed by atoms with Crippen LogP contribution in [-0.4, -0.2) is 57.0 Å². The van der Waals surface area contributed by atoms with Crippen molar-refractivity contribution in [2.45, 2.75) is 66.0 Å². The number of nitrogens with zero attached hydrogens (tertiary/aromatic N) is 1. The Morgan fingerprint density at radius 3 is 2.36 bits per heavy atom. The molecule has 0 heterocycles. The average molecular weight is 359 g/mol. The van der Waals surface area contributed by atoms with Crippen molar-refractivity contribution in [3.8, 4) is 0 Å². The molecule has 0 aromatic rings. The zero-order valence-electron chi connectivity index (χ0n) is 17.1. The number of hydrogen-bond donors (Lipinski definition) is 3. The minimum absolute atomic E-state index is 0.0497. The van der Waals surface area contributed by atoms with Crippen molar-refractivity contribution in [3.63, 3.8) is 0 Å². The predicted octanol–water partition coefficient (Wildman–Crippen LogP) is 2.52. The first-order valence-electron chi connectivity index (χ1n) is 9.21. The molecule has 7 nitrogen and oxygen atoms in total. The number of aliphatic imine (C=N–C) groups is 1. The molecule has 25 heavy (non-hydrogen) atoms. The summed E-state index contributed by atoms with van der Waals surface area (Å²) in [6.45, 7) is 14.7. The summed E-state index contributed by atoms with van der Waals surface area (Å²) in [6.07, 6.45) is 1.64. The van der Waals surface area contributed by atoms with Gasteiger partial charge in [0.25, 0.3) is 0 Å². The first-order chi connectivity index (χ1) is 11.7. The Bertz CT molecular complexity index is 392. The van der Waals surface area contributed by atoms with Gasteiger partial charge >= 0.3 is 6.09 Å². The maximum Gasteiger partial charge on any atom is 0.407 e. The first-order valence-corrected chi connectivity index (χ1v) is 9.21. The van der Waals surface area contributed by atoms with Gasteiger partial charge in [0.2, 0.25) is 0 Å². The van der Waals surface area contributed by atoms with Crippen LogP contribution in [0.15, 0.2) is 4.99 Å². The molecule has 0 rings (SSSR count). The number of alkyl carbamates (subject to hydrolysis) is 1. The van der Waals surface area contributed by atoms with E-state index in [4.69, 9.17) is 9.47 Å². The summed E-state index contributed by atoms with van der Waals surface area (Å²) in [4.78, 5) is 16.2. The van der Waals surface area contributed by atoms with Gasteiger partial charge in [-0.1, -0.05) is 13.8 Å². The van der Waals surface area contributed by atoms with Gasteiger partial charge in [-0.25, -0.2) is 4.79 Å². The molecule has 3 N–H and O–H groups in total. The van der Waals surface area contributed by atoms with E-state index < -0.39 is 11.7 Å². The molecule has 0 aliphatic carbocycles. The van der Waals surface area contributed by atoms with E-state index >= 15 is 0 Å². The fraction of sp³-hybridized carbons (Fsp3) is 0.889. The van der Waals surface area contributed by atoms with Crippen LogP contribution in [0.3, 0.4) is 0 Å². The summed E-state index contributed by atoms with van der Waals surface area (Å²) in [6, 6.07) is -0.0497. The zero-order chi connectivity index (χ0) is 19.3. The van der Waals surface area contributed by atoms with Crippen LogP contribution in [0.5, 0.6) is 0 Å². The van der Waals surface area contributed by atoms with Crippen molar-refractivity contribution < 1.29 is 14.3 Å². The van der Waals surface area contributed by atoms with Gasteiger partial charge in [0.05, 0.1) is 6.04 Å². The average Bonchev–Trinajstić information content (AvgIpc) is 2.50. The number of carbonyl (C=O) groups is 1. The van der Waals surface area contributed by atoms with Crippen LogP contribution in [0.2, 0.25) is 0 Å². The molecule has 0 fully saturated rings. The summed E-state index contributed by atoms with van der Waals surface area (Å²) in [5.74, 6) is 0.998. The van der Waals surface area contributed by atoms with Crippen molar-refractivity contribution in [1.82, 2.24) is 16.0 Å². The van der Waals surface area contributed by atoms with Gasteiger partial charge in [0.1, 0.15) is 5.60 Å². The number of guanidine groups is 1. The standard InChI is InChI=1S/C18H38N4O3/c1-8-24-12-10-9-11-20-16(19-7)21-13-15(14(2)3)22-17(23)25-18(4,5)6/h14-15H,8-13H2,1-7H3,(H,22,23)(H2,19,20,21). The summed E-state index contributed by atoms with van der Waals surface area (Å²) >= 11 is 0. The molecule has 0 radical (unpaired) electrons. The minimum Gasteiger partial charge on any atom is -0.444 e. The third-order valence-electron chi connectivity index (χ3n) is 3.43. The van der Waals surface area contributed by atoms with E-state index in [2.05, 4.69) is 34.8 Å². The van der Waals surface area contributed by atoms with E-state index in [1.807, 2.05) is 27.7 Å². The number of hydrogen-bond acceptors (Lipinski definition) is 4. The summed E-state index contributed by atoms with van der Waals surface area (Å²) < 4.78 is 10.6. The Labute approximate surface area is 153 Å². The fourth-order valence-corrected chi connectivity index (χ4v) is 2.02. The van der Waals surface area contributed by atoms with E-state index in [-0.39, 0.29) is 12.0 Å². The van der Waals surface area contributed by atoms with Gasteiger partial charge in [-0.2, -0.15) is 0 Å². The Balaban J connectivity index is 4.23. The second-order valence-electron chi connectivity index (χ2n) is 7.28. The smallest absolute Gasteiger partial charge is 0.407 e. The zero-order valence-corrected chi connectivity index (χ0v) is 17.1. The molecule has 0 saturated carbocycles. The predicted molar refractivity (Wildman–Crippen MR) is 103 cm³/mol. The molecule has 0 spiro atoms. The molecule has 7 heteroatoms. The Hall–Kier alpha value is -1.50. The lowest BCUT2D eigenvalue weighted by Crippen LogP contribution is -2.50. The van der Waals surface area contributed by atoms with Crippen LogP contribution < -0.4 is 16.0 Å². The lowest BCUT2D eigenvalue weighted by Gasteiger charge is -2.26. The maximum absolute atomic E-state index is 12.0. The normalized spacial score (nSPS) is 13.5. The van der Waals surface area contributed by atoms with Gasteiger partial charge in [-0.05, 0) is 46.5 Å². The van der Waals surface area contributed by atoms with E-state index in [9.17, 15) is 4.79 Å². The van der Waals surface area contributed by atoms with Crippen LogP contribution in [-0.2, 0) is 9.47 Å². The number of ether oxygens (including phenoxy) is 2. The molecule has 0 aliphatic heterocycles. The van der Waals surface area contributed by atoms with Crippen LogP contribution >= 0.6 is 0 Å². The van der Waals surface area contributed by atoms with Gasteiger partial charge in [0.15, 0.2) is 5.96 Å². The molecule has 1 amide bonds. The SMILES string of the molecule is CCOCCCCNC(=NC)NCC(NC(=O)OC(C)(C)C)C(C)C. The van der Waals surface area contributed by atoms with Crippen LogP contribution in [0.25, 0.3) is 0 Å². The number of carbonyl (C=O) groups excluding carboxylic acids is 1. The minimum atomic E-state index is -0.502. The Morgan fingerprint density at radius 2 is 1.84 bits per heavy atom. The monoisotopic (exact) mass is 358 g/mol. The third kappa shape index (κ3) is 13.5. The van der Waals surface area contributed by atoms with Crippen molar-refractivity contribution in [2.75, 3.05) is 33.4 Å². The van der Waals surface area contributed by atoms with Crippen molar-refractivity contribution in [3.05, 3.63) is 0 Å². The largest absolute Gasteiger partial charge is 0.444 e. The number of rotatable bonds is 10. The second kappa shape index (κ2) is 12.8. The molecule has 1 unspecified atom stereocenters. The van der Waals surface area contributed by atoms with Gasteiger partial charge in [-0.3, -0.25) is 4.99 Å². The molecule has 148 valence electrons. The van der Waals surface area contributed by atoms with Gasteiger partial charge in [0, 0.05) is 33.4 Å². The van der Waals surface area contributed by atoms with E-state index in [0.29, 0.717) is 6.54 Å². The van der Waals surface area contributed by atoms with Gasteiger partial charge < -0.3 is 25.4 Å². The molecule has 0 aromatic carbocycles. The molecule has 0 aromatic heterocycles. The molecule has 1 atom stereocenters. The first kappa shape index (κ1) is 23.5. The highest BCUT2D eigenvalue weighted by Gasteiger charge is 2.21. The number of nitrogens with one attached hydrogen (secondary N) is 3. The second-order valence-corrected chi connectivity index (χ2v) is 7.28. The Morgan fingerprint density at radius 1 is 1.16 bits per heavy atom. The van der Waals surface area contributed by atoms with E-state index in [1.54, 1.807) is 7.05 Å². The summed E-state index contributed by atoms with van der Waals surface area (Å²) in [5.41, 5.74) is -0.502. The van der Waals surface area contributed by atoms with Crippen LogP contribution in [0.1, 0.15) is 54.4 Å². The van der Waals surface area contributed by atoms with E-state index in [0.717, 1.165) is 38.6 Å². The maximum atomic E-state index is 12.0. The summed E-state index contributed by atoms with van der Waals surface area (Å²) in [7, 11) is 1.74. The third-order valence-corrected chi connectivity index (χ3v) is 3.43. The number of amides is 1. The van der Waals surface area contributed by atoms with Crippen LogP contribution in [0.4, 0.5) is 4.79 Å². The lowest BCUT2D eigenvalue weighted by molar-refractivity contribution is 0.0491. The Kier molecular flexibility index (Phi) is 12.0. The molecule has 0 bridgehead atoms. The quantitative estimate of drug-likeness (QED) is 0.317. The van der Waals surface area contributed by atoms with Crippen molar-refractivity contribution in [2.24, 2.45) is 10.9 Å². The highest BCUT2D eigenvalue weighted by molar-refractivity contribution is 5.79.